The van der Waals surface area contributed by atoms with Gasteiger partial charge in [0, 0.05) is 10.9 Å². The fourth-order valence-electron chi connectivity index (χ4n) is 1.61. The summed E-state index contributed by atoms with van der Waals surface area (Å²) in [5.74, 6) is -0.445. The number of nitrogens with one attached hydrogen (secondary N) is 1. The highest BCUT2D eigenvalue weighted by molar-refractivity contribution is 7.93. The van der Waals surface area contributed by atoms with Crippen molar-refractivity contribution in [2.24, 2.45) is 0 Å². The summed E-state index contributed by atoms with van der Waals surface area (Å²) in [6.07, 6.45) is 0. The first-order valence-electron chi connectivity index (χ1n) is 6.21. The van der Waals surface area contributed by atoms with Crippen LogP contribution in [0.1, 0.15) is 31.0 Å². The van der Waals surface area contributed by atoms with Crippen LogP contribution in [0.25, 0.3) is 0 Å². The Kier molecular flexibility index (Phi) is 4.60. The molecule has 0 bridgehead atoms. The van der Waals surface area contributed by atoms with Crippen molar-refractivity contribution < 1.29 is 17.9 Å². The van der Waals surface area contributed by atoms with Crippen molar-refractivity contribution in [3.05, 3.63) is 40.7 Å². The number of aliphatic hydroxyl groups is 1. The smallest absolute Gasteiger partial charge is 0.263 e. The molecule has 21 heavy (non-hydrogen) atoms. The summed E-state index contributed by atoms with van der Waals surface area (Å²) < 4.78 is 40.1. The Balaban J connectivity index is 2.29. The van der Waals surface area contributed by atoms with Gasteiger partial charge in [-0.15, -0.1) is 11.3 Å². The first-order chi connectivity index (χ1) is 9.83. The van der Waals surface area contributed by atoms with E-state index >= 15 is 0 Å². The second-order valence-electron chi connectivity index (χ2n) is 4.75. The van der Waals surface area contributed by atoms with E-state index in [1.165, 1.54) is 11.3 Å². The normalized spacial score (nSPS) is 11.9. The summed E-state index contributed by atoms with van der Waals surface area (Å²) in [4.78, 5) is 4.07. The quantitative estimate of drug-likeness (QED) is 0.883. The fraction of sp³-hybridized carbons (Fsp3) is 0.308. The van der Waals surface area contributed by atoms with Gasteiger partial charge in [0.05, 0.1) is 17.2 Å². The largest absolute Gasteiger partial charge is 0.392 e. The highest BCUT2D eigenvalue weighted by atomic mass is 32.2. The fourth-order valence-corrected chi connectivity index (χ4v) is 3.79. The van der Waals surface area contributed by atoms with Gasteiger partial charge in [0.15, 0.2) is 5.13 Å². The van der Waals surface area contributed by atoms with Crippen molar-refractivity contribution in [2.45, 2.75) is 31.3 Å². The molecular formula is C13H15FN2O3S2. The molecule has 0 amide bonds. The molecule has 1 aromatic heterocycles. The van der Waals surface area contributed by atoms with Crippen LogP contribution in [0.5, 0.6) is 0 Å². The summed E-state index contributed by atoms with van der Waals surface area (Å²) in [6.45, 7) is 3.35. The van der Waals surface area contributed by atoms with Gasteiger partial charge in [-0.2, -0.15) is 0 Å². The lowest BCUT2D eigenvalue weighted by Gasteiger charge is -2.07. The van der Waals surface area contributed by atoms with Gasteiger partial charge in [-0.3, -0.25) is 4.72 Å². The van der Waals surface area contributed by atoms with E-state index < -0.39 is 22.4 Å². The first-order valence-corrected chi connectivity index (χ1v) is 8.57. The molecule has 1 heterocycles. The lowest BCUT2D eigenvalue weighted by atomic mass is 10.2. The Hall–Kier alpha value is -1.51. The van der Waals surface area contributed by atoms with E-state index in [1.54, 1.807) is 5.38 Å². The standard InChI is InChI=1S/C13H15FN2O3S2/c1-8(2)12-7-20-13(15-12)16-21(18,19)10-3-4-11(14)9(5-10)6-17/h3-5,7-8,17H,6H2,1-2H3,(H,15,16). The summed E-state index contributed by atoms with van der Waals surface area (Å²) in [5, 5.41) is 11.0. The van der Waals surface area contributed by atoms with E-state index in [2.05, 4.69) is 9.71 Å². The van der Waals surface area contributed by atoms with E-state index in [4.69, 9.17) is 5.11 Å². The van der Waals surface area contributed by atoms with Crippen molar-refractivity contribution in [1.29, 1.82) is 0 Å². The van der Waals surface area contributed by atoms with Gasteiger partial charge in [0.2, 0.25) is 0 Å². The van der Waals surface area contributed by atoms with Crippen molar-refractivity contribution in [1.82, 2.24) is 4.98 Å². The maximum Gasteiger partial charge on any atom is 0.263 e. The minimum Gasteiger partial charge on any atom is -0.392 e. The molecule has 0 saturated carbocycles. The molecule has 114 valence electrons. The average Bonchev–Trinajstić information content (AvgIpc) is 2.87. The summed E-state index contributed by atoms with van der Waals surface area (Å²) in [6, 6.07) is 3.27. The Morgan fingerprint density at radius 3 is 2.71 bits per heavy atom. The highest BCUT2D eigenvalue weighted by Crippen LogP contribution is 2.24. The summed E-state index contributed by atoms with van der Waals surface area (Å²) in [7, 11) is -3.85. The van der Waals surface area contributed by atoms with Gasteiger partial charge in [-0.05, 0) is 24.1 Å². The predicted molar refractivity (Wildman–Crippen MR) is 79.3 cm³/mol. The zero-order valence-electron chi connectivity index (χ0n) is 11.5. The molecule has 0 aliphatic rings. The Morgan fingerprint density at radius 1 is 1.43 bits per heavy atom. The molecule has 0 saturated heterocycles. The van der Waals surface area contributed by atoms with Gasteiger partial charge < -0.3 is 5.11 Å². The predicted octanol–water partition coefficient (Wildman–Crippen LogP) is 2.70. The SMILES string of the molecule is CC(C)c1csc(NS(=O)(=O)c2ccc(F)c(CO)c2)n1. The number of hydrogen-bond acceptors (Lipinski definition) is 5. The van der Waals surface area contributed by atoms with Crippen molar-refractivity contribution >= 4 is 26.5 Å². The molecule has 0 aliphatic carbocycles. The summed E-state index contributed by atoms with van der Waals surface area (Å²) in [5.41, 5.74) is 0.729. The van der Waals surface area contributed by atoms with Gasteiger partial charge in [0.25, 0.3) is 10.0 Å². The second kappa shape index (κ2) is 6.08. The van der Waals surface area contributed by atoms with Gasteiger partial charge in [0.1, 0.15) is 5.82 Å². The molecule has 0 radical (unpaired) electrons. The van der Waals surface area contributed by atoms with Crippen LogP contribution < -0.4 is 4.72 Å². The van der Waals surface area contributed by atoms with Crippen LogP contribution in [0.4, 0.5) is 9.52 Å². The molecule has 0 aliphatic heterocycles. The molecule has 8 heteroatoms. The van der Waals surface area contributed by atoms with E-state index in [1.807, 2.05) is 13.8 Å². The Labute approximate surface area is 126 Å². The van der Waals surface area contributed by atoms with Crippen molar-refractivity contribution in [3.63, 3.8) is 0 Å². The average molecular weight is 330 g/mol. The maximum absolute atomic E-state index is 13.3. The molecule has 2 rings (SSSR count). The number of nitrogens with zero attached hydrogens (tertiary/aromatic N) is 1. The number of rotatable bonds is 5. The van der Waals surface area contributed by atoms with Gasteiger partial charge in [-0.1, -0.05) is 13.8 Å². The van der Waals surface area contributed by atoms with Crippen molar-refractivity contribution in [2.75, 3.05) is 4.72 Å². The molecule has 2 aromatic rings. The van der Waals surface area contributed by atoms with Crippen LogP contribution in [0.3, 0.4) is 0 Å². The van der Waals surface area contributed by atoms with Crippen LogP contribution in [0, 0.1) is 5.82 Å². The highest BCUT2D eigenvalue weighted by Gasteiger charge is 2.18. The van der Waals surface area contributed by atoms with Crippen LogP contribution in [-0.2, 0) is 16.6 Å². The Morgan fingerprint density at radius 2 is 2.14 bits per heavy atom. The van der Waals surface area contributed by atoms with Gasteiger partial charge in [-0.25, -0.2) is 17.8 Å². The summed E-state index contributed by atoms with van der Waals surface area (Å²) >= 11 is 1.19. The van der Waals surface area contributed by atoms with E-state index in [-0.39, 0.29) is 21.5 Å². The molecule has 5 nitrogen and oxygen atoms in total. The maximum atomic E-state index is 13.3. The van der Waals surface area contributed by atoms with E-state index in [0.717, 1.165) is 23.9 Å². The van der Waals surface area contributed by atoms with Crippen LogP contribution in [-0.4, -0.2) is 18.5 Å². The Bertz CT molecular complexity index is 742. The molecule has 1 aromatic carbocycles. The third-order valence-electron chi connectivity index (χ3n) is 2.83. The monoisotopic (exact) mass is 330 g/mol. The topological polar surface area (TPSA) is 79.3 Å². The molecule has 0 atom stereocenters. The minimum atomic E-state index is -3.85. The van der Waals surface area contributed by atoms with Gasteiger partial charge >= 0.3 is 0 Å². The number of benzene rings is 1. The minimum absolute atomic E-state index is 0.0696. The number of sulfonamides is 1. The number of anilines is 1. The van der Waals surface area contributed by atoms with E-state index in [0.29, 0.717) is 0 Å². The molecule has 0 unspecified atom stereocenters. The first kappa shape index (κ1) is 15.9. The van der Waals surface area contributed by atoms with Crippen LogP contribution in [0.15, 0.2) is 28.5 Å². The number of aromatic nitrogens is 1. The zero-order valence-corrected chi connectivity index (χ0v) is 13.1. The lowest BCUT2D eigenvalue weighted by Crippen LogP contribution is -2.13. The third-order valence-corrected chi connectivity index (χ3v) is 5.07. The van der Waals surface area contributed by atoms with Crippen LogP contribution in [0.2, 0.25) is 0 Å². The van der Waals surface area contributed by atoms with E-state index in [9.17, 15) is 12.8 Å². The second-order valence-corrected chi connectivity index (χ2v) is 7.29. The molecule has 0 spiro atoms. The molecular weight excluding hydrogens is 315 g/mol. The van der Waals surface area contributed by atoms with Crippen LogP contribution >= 0.6 is 11.3 Å². The lowest BCUT2D eigenvalue weighted by molar-refractivity contribution is 0.275. The zero-order chi connectivity index (χ0) is 15.6. The molecule has 0 fully saturated rings. The molecule has 2 N–H and O–H groups in total. The van der Waals surface area contributed by atoms with Crippen molar-refractivity contribution in [3.8, 4) is 0 Å². The number of hydrogen-bond donors (Lipinski definition) is 2. The third kappa shape index (κ3) is 3.58. The number of aliphatic hydroxyl groups excluding tert-OH is 1. The number of halogens is 1. The number of thiazole rings is 1.